The first-order valence-corrected chi connectivity index (χ1v) is 21.1. The standard InChI is InChI=1S/C24H21N5O3.C20H16N4O.C4H6ClNO2/c1-25-23-20-11-16(7-8-21(20)28-22(29-23)17-5-3-9-26-12-17)15-4-2-6-18(10-15)31-14-19-13-27-24(30)32-19;1-21-20-17-11-14(13-4-2-6-16(25)10-13)7-8-18(17)23-19(24-20)15-5-3-9-22-12-15;5-1-3-2-6-4(7)8-3/h2-12,19H,13-14H2,1H3,(H,27,30)(H,25,28,29);2-12,25H,1H3,(H,21,23,24);3H,1-2H2,(H,6,7). The van der Waals surface area contributed by atoms with Gasteiger partial charge in [0.2, 0.25) is 0 Å². The predicted molar refractivity (Wildman–Crippen MR) is 250 cm³/mol. The molecule has 2 fully saturated rings. The van der Waals surface area contributed by atoms with Crippen LogP contribution in [-0.2, 0) is 9.47 Å². The van der Waals surface area contributed by atoms with Crippen LogP contribution in [0.15, 0.2) is 134 Å². The highest BCUT2D eigenvalue weighted by atomic mass is 35.5. The molecular weight excluding hydrogens is 848 g/mol. The van der Waals surface area contributed by atoms with Crippen molar-refractivity contribution in [1.82, 2.24) is 40.5 Å². The Bertz CT molecular complexity index is 2950. The van der Waals surface area contributed by atoms with Crippen molar-refractivity contribution in [2.75, 3.05) is 50.3 Å². The molecule has 17 heteroatoms. The lowest BCUT2D eigenvalue weighted by Crippen LogP contribution is -2.21. The van der Waals surface area contributed by atoms with E-state index >= 15 is 0 Å². The number of alkyl carbamates (subject to hydrolysis) is 2. The molecule has 2 atom stereocenters. The molecule has 4 aromatic carbocycles. The van der Waals surface area contributed by atoms with Gasteiger partial charge in [0.05, 0.1) is 30.0 Å². The molecule has 16 nitrogen and oxygen atoms in total. The molecule has 0 bridgehead atoms. The minimum absolute atomic E-state index is 0.121. The smallest absolute Gasteiger partial charge is 0.407 e. The number of carbonyl (C=O) groups excluding carboxylic acids is 2. The number of carbonyl (C=O) groups is 2. The first kappa shape index (κ1) is 43.5. The summed E-state index contributed by atoms with van der Waals surface area (Å²) >= 11 is 5.36. The van der Waals surface area contributed by atoms with Gasteiger partial charge in [-0.3, -0.25) is 9.97 Å². The Morgan fingerprint density at radius 1 is 0.631 bits per heavy atom. The number of phenolic OH excluding ortho intramolecular Hbond substituents is 1. The summed E-state index contributed by atoms with van der Waals surface area (Å²) in [6.45, 7) is 1.30. The summed E-state index contributed by atoms with van der Waals surface area (Å²) < 4.78 is 15.6. The number of nitrogens with zero attached hydrogens (tertiary/aromatic N) is 6. The number of alkyl halides is 1. The van der Waals surface area contributed by atoms with Crippen LogP contribution in [0.1, 0.15) is 0 Å². The number of phenols is 1. The molecule has 0 spiro atoms. The largest absolute Gasteiger partial charge is 0.508 e. The fraction of sp³-hybridized carbons (Fsp3) is 0.167. The van der Waals surface area contributed by atoms with Gasteiger partial charge in [0.15, 0.2) is 17.8 Å². The third kappa shape index (κ3) is 10.7. The van der Waals surface area contributed by atoms with Gasteiger partial charge in [-0.15, -0.1) is 11.6 Å². The van der Waals surface area contributed by atoms with Crippen molar-refractivity contribution in [2.45, 2.75) is 12.2 Å². The summed E-state index contributed by atoms with van der Waals surface area (Å²) in [4.78, 5) is 48.4. The van der Waals surface area contributed by atoms with Crippen molar-refractivity contribution in [3.8, 4) is 56.5 Å². The highest BCUT2D eigenvalue weighted by Crippen LogP contribution is 2.32. The molecule has 6 heterocycles. The molecule has 5 N–H and O–H groups in total. The number of nitrogens with one attached hydrogen (secondary N) is 4. The number of ether oxygens (including phenoxy) is 3. The number of halogens is 1. The fourth-order valence-electron chi connectivity index (χ4n) is 6.93. The Morgan fingerprint density at radius 2 is 1.14 bits per heavy atom. The lowest BCUT2D eigenvalue weighted by Gasteiger charge is -2.12. The average molecular weight is 891 g/mol. The second-order valence-electron chi connectivity index (χ2n) is 14.6. The van der Waals surface area contributed by atoms with Crippen LogP contribution < -0.4 is 26.0 Å². The molecule has 2 amide bonds. The van der Waals surface area contributed by atoms with Gasteiger partial charge in [-0.1, -0.05) is 36.4 Å². The predicted octanol–water partition coefficient (Wildman–Crippen LogP) is 8.33. The molecule has 2 saturated heterocycles. The van der Waals surface area contributed by atoms with Crippen LogP contribution in [0.4, 0.5) is 21.2 Å². The van der Waals surface area contributed by atoms with Crippen LogP contribution in [0.3, 0.4) is 0 Å². The summed E-state index contributed by atoms with van der Waals surface area (Å²) in [5, 5.41) is 23.0. The van der Waals surface area contributed by atoms with Gasteiger partial charge in [0.1, 0.15) is 35.8 Å². The number of hydrogen-bond donors (Lipinski definition) is 5. The van der Waals surface area contributed by atoms with E-state index in [1.54, 1.807) is 36.9 Å². The van der Waals surface area contributed by atoms with Crippen LogP contribution in [0, 0.1) is 0 Å². The van der Waals surface area contributed by atoms with E-state index in [1.165, 1.54) is 0 Å². The van der Waals surface area contributed by atoms with Crippen molar-refractivity contribution in [2.24, 2.45) is 0 Å². The van der Waals surface area contributed by atoms with E-state index in [1.807, 2.05) is 105 Å². The van der Waals surface area contributed by atoms with Crippen LogP contribution >= 0.6 is 11.6 Å². The SMILES string of the molecule is CNc1nc(-c2cccnc2)nc2ccc(-c3cccc(O)c3)cc12.CNc1nc(-c2cccnc2)nc2ccc(-c3cccc(OCC4CNC(=O)O4)c3)cc12.O=C1NCC(CCl)O1. The zero-order chi connectivity index (χ0) is 45.1. The molecule has 0 radical (unpaired) electrons. The number of benzene rings is 4. The molecule has 328 valence electrons. The summed E-state index contributed by atoms with van der Waals surface area (Å²) in [6, 6.07) is 34.7. The van der Waals surface area contributed by atoms with E-state index < -0.39 is 6.09 Å². The first-order chi connectivity index (χ1) is 31.8. The molecule has 0 aliphatic carbocycles. The number of pyridine rings is 2. The number of amides is 2. The summed E-state index contributed by atoms with van der Waals surface area (Å²) in [5.41, 5.74) is 7.39. The molecule has 4 aromatic heterocycles. The van der Waals surface area contributed by atoms with Gasteiger partial charge >= 0.3 is 12.2 Å². The third-order valence-electron chi connectivity index (χ3n) is 10.2. The van der Waals surface area contributed by atoms with Crippen LogP contribution in [0.2, 0.25) is 0 Å². The van der Waals surface area contributed by atoms with Gasteiger partial charge in [0.25, 0.3) is 0 Å². The van der Waals surface area contributed by atoms with Crippen molar-refractivity contribution in [3.63, 3.8) is 0 Å². The third-order valence-corrected chi connectivity index (χ3v) is 10.5. The topological polar surface area (TPSA) is 208 Å². The molecular formula is C48H43ClN10O6. The van der Waals surface area contributed by atoms with Gasteiger partial charge in [0, 0.05) is 60.8 Å². The van der Waals surface area contributed by atoms with E-state index in [9.17, 15) is 14.7 Å². The molecule has 8 aromatic rings. The van der Waals surface area contributed by atoms with Gasteiger partial charge in [-0.25, -0.2) is 29.5 Å². The summed E-state index contributed by atoms with van der Waals surface area (Å²) in [5.74, 6) is 4.09. The van der Waals surface area contributed by atoms with Gasteiger partial charge < -0.3 is 40.6 Å². The number of hydrogen-bond acceptors (Lipinski definition) is 14. The summed E-state index contributed by atoms with van der Waals surface area (Å²) in [7, 11) is 3.69. The number of cyclic esters (lactones) is 2. The Kier molecular flexibility index (Phi) is 13.7. The second-order valence-corrected chi connectivity index (χ2v) is 14.9. The Balaban J connectivity index is 0.000000155. The van der Waals surface area contributed by atoms with Crippen LogP contribution in [-0.4, -0.2) is 99.1 Å². The van der Waals surface area contributed by atoms with Crippen molar-refractivity contribution in [3.05, 3.63) is 134 Å². The van der Waals surface area contributed by atoms with E-state index in [0.29, 0.717) is 43.0 Å². The molecule has 65 heavy (non-hydrogen) atoms. The highest BCUT2D eigenvalue weighted by molar-refractivity contribution is 6.18. The maximum atomic E-state index is 11.2. The fourth-order valence-corrected chi connectivity index (χ4v) is 7.10. The van der Waals surface area contributed by atoms with E-state index in [4.69, 9.17) is 26.1 Å². The van der Waals surface area contributed by atoms with Gasteiger partial charge in [-0.05, 0) is 95.1 Å². The molecule has 2 unspecified atom stereocenters. The zero-order valence-electron chi connectivity index (χ0n) is 35.2. The van der Waals surface area contributed by atoms with Crippen LogP contribution in [0.25, 0.3) is 66.8 Å². The number of anilines is 2. The zero-order valence-corrected chi connectivity index (χ0v) is 36.0. The first-order valence-electron chi connectivity index (χ1n) is 20.5. The number of rotatable bonds is 10. The summed E-state index contributed by atoms with van der Waals surface area (Å²) in [6.07, 6.45) is 5.79. The normalized spacial score (nSPS) is 15.0. The van der Waals surface area contributed by atoms with Crippen molar-refractivity contribution < 1.29 is 28.9 Å². The molecule has 2 aliphatic heterocycles. The van der Waals surface area contributed by atoms with Crippen molar-refractivity contribution >= 4 is 57.2 Å². The lowest BCUT2D eigenvalue weighted by molar-refractivity contribution is 0.105. The highest BCUT2D eigenvalue weighted by Gasteiger charge is 2.23. The lowest BCUT2D eigenvalue weighted by atomic mass is 10.0. The second kappa shape index (κ2) is 20.4. The van der Waals surface area contributed by atoms with Crippen LogP contribution in [0.5, 0.6) is 11.5 Å². The molecule has 0 saturated carbocycles. The number of fused-ring (bicyclic) bond motifs is 2. The molecule has 2 aliphatic rings. The minimum atomic E-state index is -0.405. The van der Waals surface area contributed by atoms with E-state index in [-0.39, 0.29) is 24.1 Å². The molecule has 10 rings (SSSR count). The Morgan fingerprint density at radius 3 is 1.60 bits per heavy atom. The van der Waals surface area contributed by atoms with Gasteiger partial charge in [-0.2, -0.15) is 0 Å². The van der Waals surface area contributed by atoms with Crippen molar-refractivity contribution in [1.29, 1.82) is 0 Å². The van der Waals surface area contributed by atoms with E-state index in [2.05, 4.69) is 57.0 Å². The maximum absolute atomic E-state index is 11.2. The number of aromatic nitrogens is 6. The Hall–Kier alpha value is -8.11. The minimum Gasteiger partial charge on any atom is -0.508 e. The number of aromatic hydroxyl groups is 1. The average Bonchev–Trinajstić information content (AvgIpc) is 3.99. The van der Waals surface area contributed by atoms with E-state index in [0.717, 1.165) is 66.8 Å². The monoisotopic (exact) mass is 890 g/mol. The maximum Gasteiger partial charge on any atom is 0.407 e. The Labute approximate surface area is 378 Å². The quantitative estimate of drug-likeness (QED) is 0.0819.